The molecule has 0 spiro atoms. The monoisotopic (exact) mass is 318 g/mol. The number of nitrogens with zero attached hydrogens (tertiary/aromatic N) is 3. The van der Waals surface area contributed by atoms with Gasteiger partial charge in [-0.2, -0.15) is 4.98 Å². The Morgan fingerprint density at radius 3 is 2.74 bits per heavy atom. The first kappa shape index (κ1) is 15.6. The number of carbonyl (C=O) groups excluding carboxylic acids is 1. The minimum atomic E-state index is -0.302. The number of aromatic nitrogens is 2. The summed E-state index contributed by atoms with van der Waals surface area (Å²) in [5, 5.41) is 7.11. The number of halogens is 1. The molecule has 1 fully saturated rings. The second-order valence-electron chi connectivity index (χ2n) is 5.50. The van der Waals surface area contributed by atoms with Gasteiger partial charge in [-0.3, -0.25) is 4.79 Å². The summed E-state index contributed by atoms with van der Waals surface area (Å²) in [5.41, 5.74) is 0.707. The zero-order chi connectivity index (χ0) is 16.1. The van der Waals surface area contributed by atoms with E-state index in [1.54, 1.807) is 12.1 Å². The Balaban J connectivity index is 1.49. The molecule has 0 aliphatic carbocycles. The van der Waals surface area contributed by atoms with Gasteiger partial charge in [0.05, 0.1) is 0 Å². The first-order valence-corrected chi connectivity index (χ1v) is 7.79. The van der Waals surface area contributed by atoms with Crippen molar-refractivity contribution in [3.8, 4) is 11.4 Å². The predicted molar refractivity (Wildman–Crippen MR) is 82.1 cm³/mol. The van der Waals surface area contributed by atoms with E-state index in [1.165, 1.54) is 12.1 Å². The van der Waals surface area contributed by atoms with Gasteiger partial charge in [0.15, 0.2) is 0 Å². The van der Waals surface area contributed by atoms with Crippen molar-refractivity contribution in [1.82, 2.24) is 20.4 Å². The number of nitrogens with one attached hydrogen (secondary N) is 1. The quantitative estimate of drug-likeness (QED) is 0.907. The van der Waals surface area contributed by atoms with E-state index in [2.05, 4.69) is 15.5 Å². The third kappa shape index (κ3) is 4.13. The molecule has 6 nitrogen and oxygen atoms in total. The molecule has 0 radical (unpaired) electrons. The van der Waals surface area contributed by atoms with Crippen molar-refractivity contribution in [2.75, 3.05) is 26.2 Å². The summed E-state index contributed by atoms with van der Waals surface area (Å²) in [6, 6.07) is 5.94. The molecular weight excluding hydrogens is 299 g/mol. The highest BCUT2D eigenvalue weighted by Crippen LogP contribution is 2.17. The second kappa shape index (κ2) is 7.32. The van der Waals surface area contributed by atoms with Crippen LogP contribution in [0, 0.1) is 5.82 Å². The van der Waals surface area contributed by atoms with E-state index in [4.69, 9.17) is 4.52 Å². The van der Waals surface area contributed by atoms with Gasteiger partial charge in [-0.1, -0.05) is 5.16 Å². The van der Waals surface area contributed by atoms with Crippen molar-refractivity contribution in [2.45, 2.75) is 19.3 Å². The van der Waals surface area contributed by atoms with E-state index in [9.17, 15) is 9.18 Å². The molecule has 1 N–H and O–H groups in total. The maximum Gasteiger partial charge on any atom is 0.226 e. The molecule has 23 heavy (non-hydrogen) atoms. The standard InChI is InChI=1S/C16H19FN4O2/c17-13-6-4-12(5-7-13)16-19-14(23-20-16)2-1-3-15(22)21-10-8-18-9-11-21/h4-7,18H,1-3,8-11H2. The molecule has 122 valence electrons. The van der Waals surface area contributed by atoms with Crippen LogP contribution in [0.25, 0.3) is 11.4 Å². The van der Waals surface area contributed by atoms with Gasteiger partial charge in [-0.15, -0.1) is 0 Å². The van der Waals surface area contributed by atoms with Gasteiger partial charge >= 0.3 is 0 Å². The lowest BCUT2D eigenvalue weighted by Crippen LogP contribution is -2.46. The smallest absolute Gasteiger partial charge is 0.226 e. The first-order chi connectivity index (χ1) is 11.2. The third-order valence-electron chi connectivity index (χ3n) is 3.82. The van der Waals surface area contributed by atoms with Crippen LogP contribution >= 0.6 is 0 Å². The maximum absolute atomic E-state index is 12.9. The van der Waals surface area contributed by atoms with Crippen molar-refractivity contribution < 1.29 is 13.7 Å². The van der Waals surface area contributed by atoms with E-state index >= 15 is 0 Å². The van der Waals surface area contributed by atoms with E-state index in [1.807, 2.05) is 4.90 Å². The van der Waals surface area contributed by atoms with Crippen LogP contribution in [-0.4, -0.2) is 47.1 Å². The summed E-state index contributed by atoms with van der Waals surface area (Å²) >= 11 is 0. The number of carbonyl (C=O) groups is 1. The summed E-state index contributed by atoms with van der Waals surface area (Å²) in [6.45, 7) is 3.26. The molecule has 2 heterocycles. The zero-order valence-corrected chi connectivity index (χ0v) is 12.8. The third-order valence-corrected chi connectivity index (χ3v) is 3.82. The van der Waals surface area contributed by atoms with Gasteiger partial charge in [-0.25, -0.2) is 4.39 Å². The molecule has 7 heteroatoms. The van der Waals surface area contributed by atoms with Crippen molar-refractivity contribution in [3.05, 3.63) is 36.0 Å². The predicted octanol–water partition coefficient (Wildman–Crippen LogP) is 1.63. The van der Waals surface area contributed by atoms with E-state index in [0.29, 0.717) is 36.5 Å². The Labute approximate surface area is 133 Å². The summed E-state index contributed by atoms with van der Waals surface area (Å²) in [7, 11) is 0. The van der Waals surface area contributed by atoms with E-state index < -0.39 is 0 Å². The molecular formula is C16H19FN4O2. The zero-order valence-electron chi connectivity index (χ0n) is 12.8. The molecule has 0 unspecified atom stereocenters. The lowest BCUT2D eigenvalue weighted by atomic mass is 10.2. The summed E-state index contributed by atoms with van der Waals surface area (Å²) in [4.78, 5) is 18.2. The highest BCUT2D eigenvalue weighted by Gasteiger charge is 2.16. The van der Waals surface area contributed by atoms with Gasteiger partial charge in [-0.05, 0) is 30.7 Å². The van der Waals surface area contributed by atoms with Crippen LogP contribution in [0.4, 0.5) is 4.39 Å². The lowest BCUT2D eigenvalue weighted by Gasteiger charge is -2.27. The second-order valence-corrected chi connectivity index (χ2v) is 5.50. The number of aryl methyl sites for hydroxylation is 1. The average molecular weight is 318 g/mol. The molecule has 1 aromatic heterocycles. The molecule has 1 aromatic carbocycles. The highest BCUT2D eigenvalue weighted by atomic mass is 19.1. The van der Waals surface area contributed by atoms with Crippen molar-refractivity contribution in [3.63, 3.8) is 0 Å². The molecule has 1 saturated heterocycles. The fourth-order valence-corrected chi connectivity index (χ4v) is 2.54. The summed E-state index contributed by atoms with van der Waals surface area (Å²) < 4.78 is 18.1. The van der Waals surface area contributed by atoms with Gasteiger partial charge in [0, 0.05) is 44.6 Å². The number of rotatable bonds is 5. The number of hydrogen-bond donors (Lipinski definition) is 1. The van der Waals surface area contributed by atoms with Crippen LogP contribution in [0.5, 0.6) is 0 Å². The Kier molecular flexibility index (Phi) is 4.97. The normalized spacial score (nSPS) is 14.9. The number of hydrogen-bond acceptors (Lipinski definition) is 5. The SMILES string of the molecule is O=C(CCCc1nc(-c2ccc(F)cc2)no1)N1CCNCC1. The summed E-state index contributed by atoms with van der Waals surface area (Å²) in [5.74, 6) is 0.805. The average Bonchev–Trinajstić information content (AvgIpc) is 3.05. The largest absolute Gasteiger partial charge is 0.340 e. The molecule has 2 aromatic rings. The van der Waals surface area contributed by atoms with Crippen LogP contribution in [0.3, 0.4) is 0 Å². The van der Waals surface area contributed by atoms with Gasteiger partial charge < -0.3 is 14.7 Å². The van der Waals surface area contributed by atoms with Crippen molar-refractivity contribution in [1.29, 1.82) is 0 Å². The Morgan fingerprint density at radius 2 is 2.00 bits per heavy atom. The van der Waals surface area contributed by atoms with E-state index in [-0.39, 0.29) is 11.7 Å². The van der Waals surface area contributed by atoms with Crippen LogP contribution in [0.1, 0.15) is 18.7 Å². The molecule has 1 aliphatic heterocycles. The molecule has 0 saturated carbocycles. The lowest BCUT2D eigenvalue weighted by molar-refractivity contribution is -0.131. The van der Waals surface area contributed by atoms with Crippen LogP contribution in [0.15, 0.2) is 28.8 Å². The number of amides is 1. The Bertz CT molecular complexity index is 650. The van der Waals surface area contributed by atoms with E-state index in [0.717, 1.165) is 26.2 Å². The Hall–Kier alpha value is -2.28. The fraction of sp³-hybridized carbons (Fsp3) is 0.438. The molecule has 1 amide bonds. The molecule has 0 atom stereocenters. The van der Waals surface area contributed by atoms with Crippen LogP contribution in [0.2, 0.25) is 0 Å². The highest BCUT2D eigenvalue weighted by molar-refractivity contribution is 5.76. The minimum Gasteiger partial charge on any atom is -0.340 e. The maximum atomic E-state index is 12.9. The molecule has 3 rings (SSSR count). The number of piperazine rings is 1. The molecule has 0 bridgehead atoms. The minimum absolute atomic E-state index is 0.171. The van der Waals surface area contributed by atoms with Crippen molar-refractivity contribution >= 4 is 5.91 Å². The van der Waals surface area contributed by atoms with Gasteiger partial charge in [0.1, 0.15) is 5.82 Å². The van der Waals surface area contributed by atoms with Gasteiger partial charge in [0.2, 0.25) is 17.6 Å². The Morgan fingerprint density at radius 1 is 1.26 bits per heavy atom. The topological polar surface area (TPSA) is 71.3 Å². The summed E-state index contributed by atoms with van der Waals surface area (Å²) in [6.07, 6.45) is 1.72. The van der Waals surface area contributed by atoms with Crippen molar-refractivity contribution in [2.24, 2.45) is 0 Å². The van der Waals surface area contributed by atoms with Crippen LogP contribution in [-0.2, 0) is 11.2 Å². The fourth-order valence-electron chi connectivity index (χ4n) is 2.54. The molecule has 1 aliphatic rings. The number of benzene rings is 1. The first-order valence-electron chi connectivity index (χ1n) is 7.79. The van der Waals surface area contributed by atoms with Gasteiger partial charge in [0.25, 0.3) is 0 Å². The van der Waals surface area contributed by atoms with Crippen LogP contribution < -0.4 is 5.32 Å².